The van der Waals surface area contributed by atoms with Gasteiger partial charge in [-0.2, -0.15) is 0 Å². The van der Waals surface area contributed by atoms with Crippen molar-refractivity contribution < 1.29 is 38.4 Å². The van der Waals surface area contributed by atoms with Crippen LogP contribution in [0.2, 0.25) is 0 Å². The van der Waals surface area contributed by atoms with E-state index >= 15 is 0 Å². The third kappa shape index (κ3) is 2.43. The minimum Gasteiger partial charge on any atom is -0.462 e. The second-order valence-corrected chi connectivity index (χ2v) is 9.46. The van der Waals surface area contributed by atoms with E-state index in [-0.39, 0.29) is 24.5 Å². The zero-order chi connectivity index (χ0) is 22.2. The zero-order valence-corrected chi connectivity index (χ0v) is 17.9. The lowest BCUT2D eigenvalue weighted by atomic mass is 9.44. The molecule has 4 aliphatic rings. The summed E-state index contributed by atoms with van der Waals surface area (Å²) < 4.78 is 22.5. The van der Waals surface area contributed by atoms with Gasteiger partial charge in [-0.3, -0.25) is 4.79 Å². The van der Waals surface area contributed by atoms with E-state index in [4.69, 9.17) is 18.9 Å². The Balaban J connectivity index is 1.84. The van der Waals surface area contributed by atoms with Crippen LogP contribution in [-0.2, 0) is 33.3 Å². The van der Waals surface area contributed by atoms with Gasteiger partial charge >= 0.3 is 17.9 Å². The number of rotatable bonds is 5. The number of fused-ring (bicyclic) bond motifs is 2. The van der Waals surface area contributed by atoms with Gasteiger partial charge in [0, 0.05) is 48.9 Å². The molecule has 0 radical (unpaired) electrons. The lowest BCUT2D eigenvalue weighted by molar-refractivity contribution is -0.262. The maximum atomic E-state index is 12.8. The highest BCUT2D eigenvalue weighted by Gasteiger charge is 2.87. The minimum atomic E-state index is -1.23. The third-order valence-corrected chi connectivity index (χ3v) is 7.43. The molecule has 3 saturated carbocycles. The van der Waals surface area contributed by atoms with E-state index < -0.39 is 52.7 Å². The maximum absolute atomic E-state index is 12.8. The lowest BCUT2D eigenvalue weighted by Crippen LogP contribution is -2.71. The molecule has 0 bridgehead atoms. The van der Waals surface area contributed by atoms with Crippen molar-refractivity contribution in [3.63, 3.8) is 0 Å². The smallest absolute Gasteiger partial charge is 0.337 e. The summed E-state index contributed by atoms with van der Waals surface area (Å²) >= 11 is 0. The first-order valence-electron chi connectivity index (χ1n) is 10.1. The Morgan fingerprint density at radius 3 is 2.47 bits per heavy atom. The molecule has 0 aromatic carbocycles. The molecule has 4 rings (SSSR count). The summed E-state index contributed by atoms with van der Waals surface area (Å²) in [6, 6.07) is 0. The average molecular weight is 420 g/mol. The fraction of sp³-hybridized carbons (Fsp3) is 0.682. The predicted octanol–water partition coefficient (Wildman–Crippen LogP) is 1.46. The molecule has 0 aromatic heterocycles. The Kier molecular flexibility index (Phi) is 4.50. The van der Waals surface area contributed by atoms with E-state index in [1.807, 2.05) is 6.92 Å². The highest BCUT2D eigenvalue weighted by atomic mass is 16.6. The predicted molar refractivity (Wildman–Crippen MR) is 103 cm³/mol. The second kappa shape index (κ2) is 6.40. The number of carbonyl (C=O) groups excluding carboxylic acids is 3. The monoisotopic (exact) mass is 420 g/mol. The van der Waals surface area contributed by atoms with Crippen LogP contribution in [0.25, 0.3) is 0 Å². The van der Waals surface area contributed by atoms with Gasteiger partial charge in [0.15, 0.2) is 0 Å². The average Bonchev–Trinajstić information content (AvgIpc) is 3.11. The SMILES string of the molecule is C=C(C)C(=O)OC1CC2(C)C3C(OC(C)=O)CC(C)(O)C3C23OC(=O)C(COC)=C13. The molecule has 8 nitrogen and oxygen atoms in total. The number of carbonyl (C=O) groups is 3. The Bertz CT molecular complexity index is 886. The molecule has 1 aliphatic heterocycles. The molecular weight excluding hydrogens is 392 g/mol. The molecule has 0 amide bonds. The van der Waals surface area contributed by atoms with Crippen LogP contribution in [0, 0.1) is 17.3 Å². The van der Waals surface area contributed by atoms with E-state index in [0.29, 0.717) is 17.6 Å². The van der Waals surface area contributed by atoms with Gasteiger partial charge in [-0.05, 0) is 20.3 Å². The summed E-state index contributed by atoms with van der Waals surface area (Å²) in [4.78, 5) is 36.9. The number of hydrogen-bond acceptors (Lipinski definition) is 8. The van der Waals surface area contributed by atoms with Crippen molar-refractivity contribution in [3.05, 3.63) is 23.3 Å². The summed E-state index contributed by atoms with van der Waals surface area (Å²) in [5.74, 6) is -2.24. The van der Waals surface area contributed by atoms with Gasteiger partial charge in [-0.25, -0.2) is 9.59 Å². The summed E-state index contributed by atoms with van der Waals surface area (Å²) in [6.45, 7) is 10.2. The molecule has 8 heteroatoms. The molecule has 3 fully saturated rings. The molecule has 164 valence electrons. The Hall–Kier alpha value is -2.19. The molecular formula is C22H28O8. The maximum Gasteiger partial charge on any atom is 0.337 e. The normalized spacial score (nSPS) is 43.3. The van der Waals surface area contributed by atoms with E-state index in [9.17, 15) is 19.5 Å². The molecule has 1 spiro atoms. The van der Waals surface area contributed by atoms with E-state index in [1.165, 1.54) is 14.0 Å². The van der Waals surface area contributed by atoms with E-state index in [2.05, 4.69) is 6.58 Å². The summed E-state index contributed by atoms with van der Waals surface area (Å²) in [5.41, 5.74) is -1.88. The van der Waals surface area contributed by atoms with Crippen molar-refractivity contribution in [3.8, 4) is 0 Å². The second-order valence-electron chi connectivity index (χ2n) is 9.46. The number of methoxy groups -OCH3 is 1. The van der Waals surface area contributed by atoms with Crippen molar-refractivity contribution >= 4 is 17.9 Å². The van der Waals surface area contributed by atoms with Gasteiger partial charge in [-0.1, -0.05) is 13.5 Å². The fourth-order valence-electron chi connectivity index (χ4n) is 6.64. The Labute approximate surface area is 175 Å². The van der Waals surface area contributed by atoms with Crippen molar-refractivity contribution in [2.24, 2.45) is 17.3 Å². The minimum absolute atomic E-state index is 0.0139. The lowest BCUT2D eigenvalue weighted by Gasteiger charge is -2.63. The van der Waals surface area contributed by atoms with Crippen LogP contribution in [0.4, 0.5) is 0 Å². The van der Waals surface area contributed by atoms with Crippen molar-refractivity contribution in [2.45, 2.75) is 63.9 Å². The third-order valence-electron chi connectivity index (χ3n) is 7.43. The Morgan fingerprint density at radius 2 is 1.90 bits per heavy atom. The number of aliphatic hydroxyl groups is 1. The van der Waals surface area contributed by atoms with Gasteiger partial charge < -0.3 is 24.1 Å². The van der Waals surface area contributed by atoms with Crippen molar-refractivity contribution in [2.75, 3.05) is 13.7 Å². The van der Waals surface area contributed by atoms with Crippen LogP contribution < -0.4 is 0 Å². The first kappa shape index (κ1) is 21.1. The van der Waals surface area contributed by atoms with Gasteiger partial charge in [0.05, 0.1) is 17.8 Å². The zero-order valence-electron chi connectivity index (χ0n) is 17.9. The number of ether oxygens (including phenoxy) is 4. The van der Waals surface area contributed by atoms with Crippen molar-refractivity contribution in [1.82, 2.24) is 0 Å². The molecule has 1 heterocycles. The summed E-state index contributed by atoms with van der Waals surface area (Å²) in [7, 11) is 1.47. The summed E-state index contributed by atoms with van der Waals surface area (Å²) in [5, 5.41) is 11.3. The molecule has 0 saturated heterocycles. The first-order chi connectivity index (χ1) is 13.9. The number of hydrogen-bond donors (Lipinski definition) is 1. The van der Waals surface area contributed by atoms with Crippen molar-refractivity contribution in [1.29, 1.82) is 0 Å². The van der Waals surface area contributed by atoms with Crippen LogP contribution in [0.15, 0.2) is 23.3 Å². The standard InChI is InChI=1S/C22H28O8/c1-10(2)18(24)29-13-7-20(4)16-14(28-11(3)23)8-21(5,26)17(16)22(20)15(13)12(9-27-6)19(25)30-22/h13-14,16-17,26H,1,7-9H2,2-6H3. The first-order valence-corrected chi connectivity index (χ1v) is 10.1. The van der Waals surface area contributed by atoms with Gasteiger partial charge in [0.2, 0.25) is 0 Å². The molecule has 0 aromatic rings. The quantitative estimate of drug-likeness (QED) is 0.405. The van der Waals surface area contributed by atoms with Crippen LogP contribution in [-0.4, -0.2) is 60.1 Å². The van der Waals surface area contributed by atoms with Gasteiger partial charge in [0.25, 0.3) is 0 Å². The van der Waals surface area contributed by atoms with E-state index in [0.717, 1.165) is 0 Å². The van der Waals surface area contributed by atoms with Crippen LogP contribution in [0.5, 0.6) is 0 Å². The topological polar surface area (TPSA) is 108 Å². The van der Waals surface area contributed by atoms with Gasteiger partial charge in [-0.15, -0.1) is 0 Å². The molecule has 30 heavy (non-hydrogen) atoms. The highest BCUT2D eigenvalue weighted by Crippen LogP contribution is 2.79. The molecule has 1 N–H and O–H groups in total. The molecule has 7 atom stereocenters. The number of esters is 3. The van der Waals surface area contributed by atoms with Crippen LogP contribution in [0.3, 0.4) is 0 Å². The van der Waals surface area contributed by atoms with Gasteiger partial charge in [0.1, 0.15) is 17.8 Å². The van der Waals surface area contributed by atoms with Crippen LogP contribution >= 0.6 is 0 Å². The summed E-state index contributed by atoms with van der Waals surface area (Å²) in [6.07, 6.45) is -0.591. The Morgan fingerprint density at radius 1 is 1.23 bits per heavy atom. The largest absolute Gasteiger partial charge is 0.462 e. The molecule has 7 unspecified atom stereocenters. The fourth-order valence-corrected chi connectivity index (χ4v) is 6.64. The van der Waals surface area contributed by atoms with E-state index in [1.54, 1.807) is 13.8 Å². The van der Waals surface area contributed by atoms with Crippen LogP contribution in [0.1, 0.15) is 40.5 Å². The molecule has 3 aliphatic carbocycles. The highest BCUT2D eigenvalue weighted by molar-refractivity contribution is 5.95.